The van der Waals surface area contributed by atoms with Crippen molar-refractivity contribution >= 4 is 56.7 Å². The van der Waals surface area contributed by atoms with E-state index in [-0.39, 0.29) is 17.8 Å². The van der Waals surface area contributed by atoms with Gasteiger partial charge in [0.2, 0.25) is 5.91 Å². The van der Waals surface area contributed by atoms with Gasteiger partial charge in [0.1, 0.15) is 11.9 Å². The number of hydrogen-bond donors (Lipinski definition) is 5. The smallest absolute Gasteiger partial charge is 0.257 e. The highest BCUT2D eigenvalue weighted by atomic mass is 32.1. The lowest BCUT2D eigenvalue weighted by molar-refractivity contribution is -0.119. The number of carbonyl (C=O) groups is 2. The summed E-state index contributed by atoms with van der Waals surface area (Å²) in [6.45, 7) is 4.22. The Bertz CT molecular complexity index is 1540. The lowest BCUT2D eigenvalue weighted by atomic mass is 10.1. The summed E-state index contributed by atoms with van der Waals surface area (Å²) in [5.74, 6) is 0.194. The maximum atomic E-state index is 13.5. The molecule has 2 aromatic heterocycles. The van der Waals surface area contributed by atoms with E-state index < -0.39 is 6.04 Å². The van der Waals surface area contributed by atoms with Crippen LogP contribution in [0.5, 0.6) is 0 Å². The van der Waals surface area contributed by atoms with Crippen molar-refractivity contribution in [2.45, 2.75) is 25.8 Å². The molecular weight excluding hydrogens is 530 g/mol. The van der Waals surface area contributed by atoms with E-state index in [0.717, 1.165) is 16.8 Å². The molecule has 1 unspecified atom stereocenters. The van der Waals surface area contributed by atoms with Gasteiger partial charge in [0.15, 0.2) is 11.1 Å². The number of rotatable bonds is 11. The van der Waals surface area contributed by atoms with Gasteiger partial charge < -0.3 is 31.4 Å². The largest absolute Gasteiger partial charge is 0.383 e. The van der Waals surface area contributed by atoms with Crippen molar-refractivity contribution in [1.29, 1.82) is 0 Å². The third-order valence-corrected chi connectivity index (χ3v) is 7.14. The number of anilines is 3. The summed E-state index contributed by atoms with van der Waals surface area (Å²) in [5.41, 5.74) is 15.1. The molecule has 5 rings (SSSR count). The number of aliphatic imine (C=N–C) groups is 1. The number of nitrogens with one attached hydrogen (secondary N) is 3. The van der Waals surface area contributed by atoms with Crippen molar-refractivity contribution in [3.05, 3.63) is 53.5 Å². The Morgan fingerprint density at radius 1 is 1.25 bits per heavy atom. The van der Waals surface area contributed by atoms with Gasteiger partial charge in [-0.1, -0.05) is 0 Å². The minimum Gasteiger partial charge on any atom is -0.383 e. The molecule has 7 N–H and O–H groups in total. The van der Waals surface area contributed by atoms with Crippen LogP contribution in [0.15, 0.2) is 53.0 Å². The van der Waals surface area contributed by atoms with Crippen LogP contribution in [0.25, 0.3) is 22.4 Å². The first-order chi connectivity index (χ1) is 19.4. The van der Waals surface area contributed by atoms with E-state index >= 15 is 0 Å². The van der Waals surface area contributed by atoms with Gasteiger partial charge in [0.25, 0.3) is 5.91 Å². The number of aromatic nitrogens is 3. The molecule has 0 radical (unpaired) electrons. The van der Waals surface area contributed by atoms with E-state index in [1.54, 1.807) is 23.7 Å². The normalized spacial score (nSPS) is 14.1. The van der Waals surface area contributed by atoms with E-state index in [9.17, 15) is 9.59 Å². The summed E-state index contributed by atoms with van der Waals surface area (Å²) < 4.78 is 7.38. The number of carbonyl (C=O) groups excluding carboxylic acids is 2. The molecule has 4 aromatic rings. The quantitative estimate of drug-likeness (QED) is 0.105. The molecule has 1 aliphatic rings. The molecule has 3 heterocycles. The second-order valence-corrected chi connectivity index (χ2v) is 10.0. The number of nitrogens with zero attached hydrogens (tertiary/aromatic N) is 4. The van der Waals surface area contributed by atoms with E-state index in [2.05, 4.69) is 25.9 Å². The van der Waals surface area contributed by atoms with Gasteiger partial charge in [-0.2, -0.15) is 0 Å². The van der Waals surface area contributed by atoms with E-state index in [4.69, 9.17) is 21.2 Å². The number of fused-ring (bicyclic) bond motifs is 5. The maximum absolute atomic E-state index is 13.5. The fraction of sp³-hybridized carbons (Fsp3) is 0.296. The van der Waals surface area contributed by atoms with Crippen molar-refractivity contribution in [3.63, 3.8) is 0 Å². The molecule has 2 aromatic carbocycles. The topological polar surface area (TPSA) is 175 Å². The number of nitrogens with two attached hydrogens (primary N) is 2. The minimum atomic E-state index is -0.564. The first-order valence-corrected chi connectivity index (χ1v) is 13.9. The zero-order valence-electron chi connectivity index (χ0n) is 22.0. The van der Waals surface area contributed by atoms with Gasteiger partial charge in [-0.25, -0.2) is 9.97 Å². The molecule has 1 atom stereocenters. The molecule has 12 nitrogen and oxygen atoms in total. The van der Waals surface area contributed by atoms with Gasteiger partial charge in [0, 0.05) is 48.1 Å². The molecule has 40 heavy (non-hydrogen) atoms. The van der Waals surface area contributed by atoms with Crippen molar-refractivity contribution < 1.29 is 14.3 Å². The Morgan fingerprint density at radius 2 is 2.12 bits per heavy atom. The van der Waals surface area contributed by atoms with Gasteiger partial charge in [0.05, 0.1) is 23.3 Å². The number of ether oxygens (including phenoxy) is 1. The summed E-state index contributed by atoms with van der Waals surface area (Å²) in [5, 5.41) is 11.5. The zero-order chi connectivity index (χ0) is 28.1. The van der Waals surface area contributed by atoms with E-state index in [0.29, 0.717) is 66.9 Å². The van der Waals surface area contributed by atoms with Gasteiger partial charge in [-0.15, -0.1) is 11.3 Å². The van der Waals surface area contributed by atoms with Crippen LogP contribution in [0.1, 0.15) is 36.2 Å². The van der Waals surface area contributed by atoms with Crippen LogP contribution in [-0.4, -0.2) is 58.6 Å². The first-order valence-electron chi connectivity index (χ1n) is 13.0. The van der Waals surface area contributed by atoms with Crippen LogP contribution in [0.2, 0.25) is 0 Å². The number of imidazole rings is 1. The Kier molecular flexibility index (Phi) is 8.22. The Morgan fingerprint density at radius 3 is 2.90 bits per heavy atom. The minimum absolute atomic E-state index is 0.0133. The first kappa shape index (κ1) is 27.1. The van der Waals surface area contributed by atoms with Crippen molar-refractivity contribution in [1.82, 2.24) is 14.5 Å². The average molecular weight is 562 g/mol. The molecule has 0 fully saturated rings. The molecular formula is C27H31N9O3S. The van der Waals surface area contributed by atoms with Crippen molar-refractivity contribution in [2.24, 2.45) is 16.5 Å². The number of amides is 2. The molecule has 0 aliphatic carbocycles. The summed E-state index contributed by atoms with van der Waals surface area (Å²) in [7, 11) is 0. The molecule has 1 aliphatic heterocycles. The van der Waals surface area contributed by atoms with Crippen LogP contribution in [0.4, 0.5) is 16.5 Å². The lowest BCUT2D eigenvalue weighted by Gasteiger charge is -2.18. The predicted octanol–water partition coefficient (Wildman–Crippen LogP) is 3.41. The fourth-order valence-electron chi connectivity index (χ4n) is 4.65. The second kappa shape index (κ2) is 12.1. The molecule has 0 saturated carbocycles. The summed E-state index contributed by atoms with van der Waals surface area (Å²) >= 11 is 1.34. The van der Waals surface area contributed by atoms with Crippen LogP contribution in [-0.2, 0) is 9.53 Å². The second-order valence-electron chi connectivity index (χ2n) is 9.14. The zero-order valence-corrected chi connectivity index (χ0v) is 22.8. The highest BCUT2D eigenvalue weighted by Gasteiger charge is 2.31. The highest BCUT2D eigenvalue weighted by molar-refractivity contribution is 7.13. The standard InChI is InChI=1S/C27H31N9O3S/c1-2-39-12-10-30-17-6-7-19-18(15-17)23-33-20-14-16(24(37)35-27-32-11-13-40-27)5-8-21(20)36(23)22(25(38)34-19)4-3-9-31-26(28)29/h5-8,11,13-15,22,30H,2-4,9-10,12H2,1H3,(H,34,38)(H4,28,29,31)(H,32,35,37). The molecule has 2 amide bonds. The third-order valence-electron chi connectivity index (χ3n) is 6.45. The molecule has 13 heteroatoms. The van der Waals surface area contributed by atoms with Crippen molar-refractivity contribution in [3.8, 4) is 11.4 Å². The van der Waals surface area contributed by atoms with Gasteiger partial charge in [-0.3, -0.25) is 19.9 Å². The third kappa shape index (κ3) is 5.90. The number of thiazole rings is 1. The Labute approximate surface area is 234 Å². The summed E-state index contributed by atoms with van der Waals surface area (Å²) in [6.07, 6.45) is 2.70. The predicted molar refractivity (Wildman–Crippen MR) is 158 cm³/mol. The maximum Gasteiger partial charge on any atom is 0.257 e. The van der Waals surface area contributed by atoms with Crippen LogP contribution < -0.4 is 27.4 Å². The molecule has 0 bridgehead atoms. The summed E-state index contributed by atoms with van der Waals surface area (Å²) in [6, 6.07) is 10.5. The van der Waals surface area contributed by atoms with Gasteiger partial charge in [-0.05, 0) is 56.2 Å². The molecule has 0 spiro atoms. The SMILES string of the molecule is CCOCCNc1ccc2c(c1)-c1nc3cc(C(=O)Nc4nccs4)ccc3n1C(CCCN=C(N)N)C(=O)N2. The molecule has 208 valence electrons. The van der Waals surface area contributed by atoms with Crippen LogP contribution >= 0.6 is 11.3 Å². The number of guanidine groups is 1. The van der Waals surface area contributed by atoms with Crippen molar-refractivity contribution in [2.75, 3.05) is 42.3 Å². The Hall–Kier alpha value is -4.49. The fourth-order valence-corrected chi connectivity index (χ4v) is 5.17. The number of benzene rings is 2. The average Bonchev–Trinajstić information content (AvgIpc) is 3.56. The monoisotopic (exact) mass is 561 g/mol. The van der Waals surface area contributed by atoms with Crippen LogP contribution in [0.3, 0.4) is 0 Å². The molecule has 0 saturated heterocycles. The van der Waals surface area contributed by atoms with E-state index in [1.165, 1.54) is 11.3 Å². The lowest BCUT2D eigenvalue weighted by Crippen LogP contribution is -2.25. The Balaban J connectivity index is 1.55. The van der Waals surface area contributed by atoms with E-state index in [1.807, 2.05) is 35.8 Å². The van der Waals surface area contributed by atoms with Gasteiger partial charge >= 0.3 is 0 Å². The highest BCUT2D eigenvalue weighted by Crippen LogP contribution is 2.39. The summed E-state index contributed by atoms with van der Waals surface area (Å²) in [4.78, 5) is 39.6. The number of hydrogen-bond acceptors (Lipinski definition) is 8. The van der Waals surface area contributed by atoms with Crippen LogP contribution in [0, 0.1) is 0 Å².